The standard InChI is InChI=1S/C29H24FN7O/c30-20-6-4-5-17(11-20)23-9-10-32-28-25(23)34-29(35-28)26-24-13-19(15-33-27(24)37-36-26)18-12-22(16-31-14-18)38-21-7-2-1-3-8-21/h4-6,9-16,21H,1-3,7-8H2,(H,32,34,35)(H,33,36,37). The van der Waals surface area contributed by atoms with Crippen molar-refractivity contribution in [2.75, 3.05) is 0 Å². The number of halogens is 1. The van der Waals surface area contributed by atoms with Gasteiger partial charge in [0.25, 0.3) is 0 Å². The fourth-order valence-electron chi connectivity index (χ4n) is 5.17. The van der Waals surface area contributed by atoms with E-state index in [0.717, 1.165) is 46.2 Å². The summed E-state index contributed by atoms with van der Waals surface area (Å²) in [5.41, 5.74) is 5.84. The molecule has 5 aromatic heterocycles. The van der Waals surface area contributed by atoms with Crippen LogP contribution in [0.15, 0.2) is 67.3 Å². The fraction of sp³-hybridized carbons (Fsp3) is 0.207. The van der Waals surface area contributed by atoms with Crippen LogP contribution in [0.4, 0.5) is 4.39 Å². The van der Waals surface area contributed by atoms with Crippen molar-refractivity contribution in [1.29, 1.82) is 0 Å². The SMILES string of the molecule is Fc1cccc(-c2ccnc3[nH]c(-c4n[nH]c5ncc(-c6cncc(OC7CCCCC7)c6)cc45)nc23)c1. The van der Waals surface area contributed by atoms with Crippen molar-refractivity contribution < 1.29 is 9.13 Å². The smallest absolute Gasteiger partial charge is 0.161 e. The largest absolute Gasteiger partial charge is 0.489 e. The Labute approximate surface area is 217 Å². The number of hydrogen-bond acceptors (Lipinski definition) is 6. The first-order valence-corrected chi connectivity index (χ1v) is 12.8. The molecule has 6 aromatic rings. The van der Waals surface area contributed by atoms with Crippen LogP contribution in [0.1, 0.15) is 32.1 Å². The summed E-state index contributed by atoms with van der Waals surface area (Å²) in [7, 11) is 0. The van der Waals surface area contributed by atoms with Crippen LogP contribution in [0.25, 0.3) is 56.0 Å². The normalized spacial score (nSPS) is 14.3. The van der Waals surface area contributed by atoms with Crippen molar-refractivity contribution >= 4 is 22.2 Å². The maximum absolute atomic E-state index is 13.9. The Morgan fingerprint density at radius 3 is 2.66 bits per heavy atom. The van der Waals surface area contributed by atoms with Crippen LogP contribution in [0.5, 0.6) is 5.75 Å². The average Bonchev–Trinajstić information content (AvgIpc) is 3.57. The molecular formula is C29H24FN7O. The minimum Gasteiger partial charge on any atom is -0.489 e. The lowest BCUT2D eigenvalue weighted by Crippen LogP contribution is -2.19. The van der Waals surface area contributed by atoms with Crippen LogP contribution in [-0.2, 0) is 0 Å². The third-order valence-corrected chi connectivity index (χ3v) is 7.06. The maximum Gasteiger partial charge on any atom is 0.161 e. The highest BCUT2D eigenvalue weighted by Gasteiger charge is 2.18. The predicted molar refractivity (Wildman–Crippen MR) is 143 cm³/mol. The highest BCUT2D eigenvalue weighted by molar-refractivity contribution is 5.96. The van der Waals surface area contributed by atoms with Gasteiger partial charge in [0, 0.05) is 35.3 Å². The topological polar surface area (TPSA) is 105 Å². The van der Waals surface area contributed by atoms with Gasteiger partial charge in [0.15, 0.2) is 17.1 Å². The van der Waals surface area contributed by atoms with Crippen molar-refractivity contribution in [3.63, 3.8) is 0 Å². The summed E-state index contributed by atoms with van der Waals surface area (Å²) < 4.78 is 20.1. The van der Waals surface area contributed by atoms with E-state index >= 15 is 0 Å². The minimum atomic E-state index is -0.303. The molecule has 0 spiro atoms. The molecule has 0 amide bonds. The molecule has 0 aliphatic heterocycles. The number of benzene rings is 1. The van der Waals surface area contributed by atoms with Crippen LogP contribution in [0, 0.1) is 5.82 Å². The summed E-state index contributed by atoms with van der Waals surface area (Å²) in [4.78, 5) is 21.5. The molecule has 2 N–H and O–H groups in total. The molecule has 1 fully saturated rings. The number of pyridine rings is 3. The van der Waals surface area contributed by atoms with Crippen molar-refractivity contribution in [3.8, 4) is 39.5 Å². The van der Waals surface area contributed by atoms with Gasteiger partial charge in [-0.1, -0.05) is 18.6 Å². The monoisotopic (exact) mass is 505 g/mol. The van der Waals surface area contributed by atoms with E-state index in [9.17, 15) is 4.39 Å². The summed E-state index contributed by atoms with van der Waals surface area (Å²) in [6.45, 7) is 0. The second-order valence-corrected chi connectivity index (χ2v) is 9.63. The zero-order valence-corrected chi connectivity index (χ0v) is 20.5. The highest BCUT2D eigenvalue weighted by atomic mass is 19.1. The quantitative estimate of drug-likeness (QED) is 0.278. The number of nitrogens with zero attached hydrogens (tertiary/aromatic N) is 5. The summed E-state index contributed by atoms with van der Waals surface area (Å²) in [6, 6.07) is 12.3. The first kappa shape index (κ1) is 22.5. The fourth-order valence-corrected chi connectivity index (χ4v) is 5.17. The first-order valence-electron chi connectivity index (χ1n) is 12.8. The number of ether oxygens (including phenoxy) is 1. The van der Waals surface area contributed by atoms with Gasteiger partial charge < -0.3 is 9.72 Å². The van der Waals surface area contributed by atoms with Crippen LogP contribution < -0.4 is 4.74 Å². The molecule has 1 aliphatic carbocycles. The Balaban J connectivity index is 1.26. The molecule has 0 unspecified atom stereocenters. The van der Waals surface area contributed by atoms with Crippen LogP contribution in [-0.4, -0.2) is 41.2 Å². The second kappa shape index (κ2) is 9.33. The summed E-state index contributed by atoms with van der Waals surface area (Å²) in [5, 5.41) is 8.31. The van der Waals surface area contributed by atoms with Gasteiger partial charge in [-0.3, -0.25) is 10.1 Å². The number of nitrogens with one attached hydrogen (secondary N) is 2. The van der Waals surface area contributed by atoms with Crippen LogP contribution in [0.2, 0.25) is 0 Å². The van der Waals surface area contributed by atoms with Gasteiger partial charge in [0.1, 0.15) is 22.8 Å². The van der Waals surface area contributed by atoms with Gasteiger partial charge >= 0.3 is 0 Å². The van der Waals surface area contributed by atoms with E-state index in [2.05, 4.69) is 30.1 Å². The second-order valence-electron chi connectivity index (χ2n) is 9.63. The van der Waals surface area contributed by atoms with E-state index in [1.807, 2.05) is 30.5 Å². The predicted octanol–water partition coefficient (Wildman–Crippen LogP) is 6.48. The molecule has 7 rings (SSSR count). The van der Waals surface area contributed by atoms with E-state index in [1.54, 1.807) is 24.7 Å². The number of H-pyrrole nitrogens is 2. The minimum absolute atomic E-state index is 0.251. The Morgan fingerprint density at radius 1 is 0.868 bits per heavy atom. The molecule has 38 heavy (non-hydrogen) atoms. The Morgan fingerprint density at radius 2 is 1.76 bits per heavy atom. The molecule has 0 radical (unpaired) electrons. The van der Waals surface area contributed by atoms with E-state index in [1.165, 1.54) is 31.4 Å². The Bertz CT molecular complexity index is 1770. The van der Waals surface area contributed by atoms with E-state index in [4.69, 9.17) is 9.72 Å². The highest BCUT2D eigenvalue weighted by Crippen LogP contribution is 2.33. The Kier molecular flexibility index (Phi) is 5.53. The third-order valence-electron chi connectivity index (χ3n) is 7.06. The van der Waals surface area contributed by atoms with E-state index in [-0.39, 0.29) is 11.9 Å². The molecule has 1 saturated carbocycles. The maximum atomic E-state index is 13.9. The van der Waals surface area contributed by atoms with E-state index in [0.29, 0.717) is 28.3 Å². The number of hydrogen-bond donors (Lipinski definition) is 2. The average molecular weight is 506 g/mol. The lowest BCUT2D eigenvalue weighted by Gasteiger charge is -2.23. The lowest BCUT2D eigenvalue weighted by atomic mass is 9.98. The van der Waals surface area contributed by atoms with Gasteiger partial charge in [-0.2, -0.15) is 5.10 Å². The molecule has 1 aromatic carbocycles. The van der Waals surface area contributed by atoms with Gasteiger partial charge in [0.2, 0.25) is 0 Å². The zero-order valence-electron chi connectivity index (χ0n) is 20.5. The Hall–Kier alpha value is -4.66. The molecule has 5 heterocycles. The van der Waals surface area contributed by atoms with Gasteiger partial charge in [-0.25, -0.2) is 19.3 Å². The van der Waals surface area contributed by atoms with Gasteiger partial charge in [0.05, 0.1) is 17.7 Å². The molecule has 8 nitrogen and oxygen atoms in total. The summed E-state index contributed by atoms with van der Waals surface area (Å²) in [5.74, 6) is 1.02. The van der Waals surface area contributed by atoms with Crippen LogP contribution in [0.3, 0.4) is 0 Å². The number of rotatable bonds is 5. The summed E-state index contributed by atoms with van der Waals surface area (Å²) >= 11 is 0. The molecule has 0 bridgehead atoms. The van der Waals surface area contributed by atoms with Crippen molar-refractivity contribution in [2.24, 2.45) is 0 Å². The van der Waals surface area contributed by atoms with Crippen molar-refractivity contribution in [2.45, 2.75) is 38.2 Å². The first-order chi connectivity index (χ1) is 18.7. The molecule has 188 valence electrons. The number of aromatic amines is 2. The summed E-state index contributed by atoms with van der Waals surface area (Å²) in [6.07, 6.45) is 13.2. The third kappa shape index (κ3) is 4.15. The lowest BCUT2D eigenvalue weighted by molar-refractivity contribution is 0.154. The van der Waals surface area contributed by atoms with Crippen molar-refractivity contribution in [1.82, 2.24) is 35.1 Å². The van der Waals surface area contributed by atoms with Gasteiger partial charge in [-0.05, 0) is 61.6 Å². The molecular weight excluding hydrogens is 481 g/mol. The molecule has 0 atom stereocenters. The molecule has 9 heteroatoms. The van der Waals surface area contributed by atoms with Crippen LogP contribution >= 0.6 is 0 Å². The number of fused-ring (bicyclic) bond motifs is 2. The van der Waals surface area contributed by atoms with Gasteiger partial charge in [-0.15, -0.1) is 0 Å². The number of aromatic nitrogens is 7. The molecule has 0 saturated heterocycles. The number of imidazole rings is 1. The van der Waals surface area contributed by atoms with Crippen molar-refractivity contribution in [3.05, 3.63) is 73.1 Å². The van der Waals surface area contributed by atoms with E-state index < -0.39 is 0 Å². The molecule has 1 aliphatic rings. The zero-order chi connectivity index (χ0) is 25.5.